The third kappa shape index (κ3) is 3.27. The Bertz CT molecular complexity index is 90.2. The van der Waals surface area contributed by atoms with Crippen molar-refractivity contribution >= 4 is 0 Å². The summed E-state index contributed by atoms with van der Waals surface area (Å²) in [5, 5.41) is 0. The zero-order chi connectivity index (χ0) is 8.10. The van der Waals surface area contributed by atoms with Gasteiger partial charge < -0.3 is 0 Å². The van der Waals surface area contributed by atoms with Crippen LogP contribution in [-0.2, 0) is 0 Å². The van der Waals surface area contributed by atoms with E-state index in [-0.39, 0.29) is 0 Å². The summed E-state index contributed by atoms with van der Waals surface area (Å²) < 4.78 is 0. The summed E-state index contributed by atoms with van der Waals surface area (Å²) in [5.74, 6) is 2.80. The molecule has 1 atom stereocenters. The van der Waals surface area contributed by atoms with Gasteiger partial charge in [0.25, 0.3) is 0 Å². The monoisotopic (exact) mass is 153 g/mol. The van der Waals surface area contributed by atoms with Crippen LogP contribution >= 0.6 is 0 Å². The summed E-state index contributed by atoms with van der Waals surface area (Å²) in [5.41, 5.74) is 0. The highest BCUT2D eigenvalue weighted by Crippen LogP contribution is 2.31. The fourth-order valence-corrected chi connectivity index (χ4v) is 1.78. The van der Waals surface area contributed by atoms with Crippen LogP contribution in [0.3, 0.4) is 0 Å². The third-order valence-electron chi connectivity index (χ3n) is 3.00. The molecule has 0 saturated heterocycles. The molecule has 0 aromatic heterocycles. The Hall–Kier alpha value is 0. The average molecular weight is 153 g/mol. The van der Waals surface area contributed by atoms with Crippen LogP contribution < -0.4 is 0 Å². The normalized spacial score (nSPS) is 22.4. The molecule has 0 aromatic rings. The quantitative estimate of drug-likeness (QED) is 0.573. The lowest BCUT2D eigenvalue weighted by molar-refractivity contribution is 0.494. The summed E-state index contributed by atoms with van der Waals surface area (Å²) in [6, 6.07) is 0. The van der Waals surface area contributed by atoms with Gasteiger partial charge in [0, 0.05) is 0 Å². The van der Waals surface area contributed by atoms with Crippen molar-refractivity contribution in [1.29, 1.82) is 0 Å². The highest BCUT2D eigenvalue weighted by Gasteiger charge is 2.15. The predicted octanol–water partition coefficient (Wildman–Crippen LogP) is 3.96. The minimum absolute atomic E-state index is 0.947. The third-order valence-corrected chi connectivity index (χ3v) is 3.00. The second-order valence-electron chi connectivity index (χ2n) is 4.01. The molecule has 1 saturated carbocycles. The SMILES string of the molecule is CCC(C)CC[C]1CCCC1. The molecular formula is C11H21. The molecule has 0 bridgehead atoms. The summed E-state index contributed by atoms with van der Waals surface area (Å²) in [6.07, 6.45) is 10.0. The minimum atomic E-state index is 0.947. The lowest BCUT2D eigenvalue weighted by Gasteiger charge is -2.11. The molecule has 11 heavy (non-hydrogen) atoms. The lowest BCUT2D eigenvalue weighted by Crippen LogP contribution is -1.96. The highest BCUT2D eigenvalue weighted by atomic mass is 14.2. The van der Waals surface area contributed by atoms with Crippen molar-refractivity contribution in [1.82, 2.24) is 0 Å². The largest absolute Gasteiger partial charge is 0.0651 e. The topological polar surface area (TPSA) is 0 Å². The molecule has 0 heteroatoms. The van der Waals surface area contributed by atoms with E-state index in [1.54, 1.807) is 0 Å². The van der Waals surface area contributed by atoms with Crippen LogP contribution in [0.4, 0.5) is 0 Å². The minimum Gasteiger partial charge on any atom is -0.0651 e. The van der Waals surface area contributed by atoms with Crippen LogP contribution in [0.15, 0.2) is 0 Å². The molecule has 1 aliphatic carbocycles. The first-order valence-corrected chi connectivity index (χ1v) is 5.16. The van der Waals surface area contributed by atoms with E-state index in [0.717, 1.165) is 5.92 Å². The van der Waals surface area contributed by atoms with Crippen molar-refractivity contribution in [3.63, 3.8) is 0 Å². The van der Waals surface area contributed by atoms with Crippen LogP contribution in [0, 0.1) is 11.8 Å². The van der Waals surface area contributed by atoms with E-state index in [2.05, 4.69) is 13.8 Å². The second-order valence-corrected chi connectivity index (χ2v) is 4.01. The van der Waals surface area contributed by atoms with Crippen LogP contribution in [0.2, 0.25) is 0 Å². The Morgan fingerprint density at radius 2 is 1.91 bits per heavy atom. The van der Waals surface area contributed by atoms with Gasteiger partial charge in [-0.15, -0.1) is 0 Å². The van der Waals surface area contributed by atoms with Crippen molar-refractivity contribution in [2.75, 3.05) is 0 Å². The first kappa shape index (κ1) is 9.09. The van der Waals surface area contributed by atoms with E-state index in [9.17, 15) is 0 Å². The van der Waals surface area contributed by atoms with Crippen LogP contribution in [-0.4, -0.2) is 0 Å². The molecule has 1 rings (SSSR count). The van der Waals surface area contributed by atoms with Gasteiger partial charge in [-0.1, -0.05) is 39.5 Å². The Balaban J connectivity index is 2.01. The molecule has 0 aromatic carbocycles. The van der Waals surface area contributed by atoms with Crippen molar-refractivity contribution in [2.45, 2.75) is 58.8 Å². The molecule has 1 unspecified atom stereocenters. The summed E-state index contributed by atoms with van der Waals surface area (Å²) in [7, 11) is 0. The zero-order valence-electron chi connectivity index (χ0n) is 8.03. The molecule has 1 radical (unpaired) electrons. The van der Waals surface area contributed by atoms with Crippen LogP contribution in [0.1, 0.15) is 58.8 Å². The summed E-state index contributed by atoms with van der Waals surface area (Å²) >= 11 is 0. The maximum absolute atomic E-state index is 2.37. The fourth-order valence-electron chi connectivity index (χ4n) is 1.78. The van der Waals surface area contributed by atoms with Crippen molar-refractivity contribution < 1.29 is 0 Å². The summed E-state index contributed by atoms with van der Waals surface area (Å²) in [6.45, 7) is 4.67. The van der Waals surface area contributed by atoms with Gasteiger partial charge in [0.2, 0.25) is 0 Å². The maximum Gasteiger partial charge on any atom is -0.0241 e. The standard InChI is InChI=1S/C11H21/c1-3-10(2)8-9-11-6-4-5-7-11/h10H,3-9H2,1-2H3. The molecule has 0 aliphatic heterocycles. The molecule has 0 N–H and O–H groups in total. The molecule has 0 nitrogen and oxygen atoms in total. The van der Waals surface area contributed by atoms with E-state index in [4.69, 9.17) is 0 Å². The van der Waals surface area contributed by atoms with Gasteiger partial charge in [0.15, 0.2) is 0 Å². The molecular weight excluding hydrogens is 132 g/mol. The number of rotatable bonds is 4. The van der Waals surface area contributed by atoms with Gasteiger partial charge in [-0.2, -0.15) is 0 Å². The molecule has 1 fully saturated rings. The first-order chi connectivity index (χ1) is 5.33. The lowest BCUT2D eigenvalue weighted by atomic mass is 9.94. The zero-order valence-corrected chi connectivity index (χ0v) is 8.03. The van der Waals surface area contributed by atoms with E-state index >= 15 is 0 Å². The molecule has 1 aliphatic rings. The van der Waals surface area contributed by atoms with Gasteiger partial charge in [0.05, 0.1) is 0 Å². The fraction of sp³-hybridized carbons (Fsp3) is 0.909. The number of hydrogen-bond acceptors (Lipinski definition) is 0. The van der Waals surface area contributed by atoms with Crippen molar-refractivity contribution in [3.05, 3.63) is 5.92 Å². The van der Waals surface area contributed by atoms with Gasteiger partial charge in [-0.3, -0.25) is 0 Å². The second kappa shape index (κ2) is 4.79. The van der Waals surface area contributed by atoms with Gasteiger partial charge >= 0.3 is 0 Å². The van der Waals surface area contributed by atoms with E-state index in [1.165, 1.54) is 44.9 Å². The Labute approximate surface area is 71.4 Å². The van der Waals surface area contributed by atoms with Crippen molar-refractivity contribution in [3.8, 4) is 0 Å². The van der Waals surface area contributed by atoms with Crippen LogP contribution in [0.25, 0.3) is 0 Å². The molecule has 0 spiro atoms. The predicted molar refractivity (Wildman–Crippen MR) is 50.4 cm³/mol. The molecule has 65 valence electrons. The first-order valence-electron chi connectivity index (χ1n) is 5.16. The van der Waals surface area contributed by atoms with Crippen molar-refractivity contribution in [2.24, 2.45) is 5.92 Å². The Morgan fingerprint density at radius 3 is 2.45 bits per heavy atom. The molecule has 0 heterocycles. The van der Waals surface area contributed by atoms with Crippen LogP contribution in [0.5, 0.6) is 0 Å². The Morgan fingerprint density at radius 1 is 1.27 bits per heavy atom. The van der Waals surface area contributed by atoms with Gasteiger partial charge in [-0.25, -0.2) is 0 Å². The van der Waals surface area contributed by atoms with Gasteiger partial charge in [0.1, 0.15) is 0 Å². The van der Waals surface area contributed by atoms with Gasteiger partial charge in [-0.05, 0) is 31.1 Å². The number of hydrogen-bond donors (Lipinski definition) is 0. The maximum atomic E-state index is 2.37. The highest BCUT2D eigenvalue weighted by molar-refractivity contribution is 4.94. The summed E-state index contributed by atoms with van der Waals surface area (Å²) in [4.78, 5) is 0. The molecule has 0 amide bonds. The Kier molecular flexibility index (Phi) is 3.96. The van der Waals surface area contributed by atoms with E-state index < -0.39 is 0 Å². The van der Waals surface area contributed by atoms with E-state index in [1.807, 2.05) is 5.92 Å². The van der Waals surface area contributed by atoms with E-state index in [0.29, 0.717) is 0 Å². The smallest absolute Gasteiger partial charge is 0.0241 e. The average Bonchev–Trinajstić information content (AvgIpc) is 2.52.